The molecule has 1 heterocycles. The first kappa shape index (κ1) is 23.8. The smallest absolute Gasteiger partial charge is 0.253 e. The van der Waals surface area contributed by atoms with Crippen molar-refractivity contribution in [1.82, 2.24) is 4.90 Å². The average Bonchev–Trinajstić information content (AvgIpc) is 3.26. The molecule has 3 aromatic rings. The summed E-state index contributed by atoms with van der Waals surface area (Å²) >= 11 is 1.65. The summed E-state index contributed by atoms with van der Waals surface area (Å²) in [5.74, 6) is 0.236. The van der Waals surface area contributed by atoms with E-state index in [0.717, 1.165) is 18.4 Å². The summed E-state index contributed by atoms with van der Waals surface area (Å²) in [4.78, 5) is 29.0. The van der Waals surface area contributed by atoms with Crippen molar-refractivity contribution in [3.8, 4) is 5.75 Å². The lowest BCUT2D eigenvalue weighted by molar-refractivity contribution is 0.293. The van der Waals surface area contributed by atoms with Gasteiger partial charge in [0.25, 0.3) is 10.9 Å². The molecule has 32 heavy (non-hydrogen) atoms. The summed E-state index contributed by atoms with van der Waals surface area (Å²) in [5.41, 5.74) is 2.25. The summed E-state index contributed by atoms with van der Waals surface area (Å²) in [6, 6.07) is 9.36. The van der Waals surface area contributed by atoms with Gasteiger partial charge in [0.05, 0.1) is 0 Å². The van der Waals surface area contributed by atoms with Crippen LogP contribution in [0.5, 0.6) is 5.75 Å². The second-order valence-corrected chi connectivity index (χ2v) is 9.22. The van der Waals surface area contributed by atoms with Gasteiger partial charge in [0.1, 0.15) is 17.1 Å². The van der Waals surface area contributed by atoms with Crippen LogP contribution >= 0.6 is 11.3 Å². The van der Waals surface area contributed by atoms with E-state index >= 15 is 0 Å². The van der Waals surface area contributed by atoms with Crippen LogP contribution < -0.4 is 21.1 Å². The minimum atomic E-state index is -0.453. The molecule has 2 N–H and O–H groups in total. The number of benzene rings is 1. The number of phenols is 1. The number of anilines is 2. The monoisotopic (exact) mass is 453 g/mol. The summed E-state index contributed by atoms with van der Waals surface area (Å²) < 4.78 is 0. The van der Waals surface area contributed by atoms with Crippen molar-refractivity contribution in [2.45, 2.75) is 31.8 Å². The van der Waals surface area contributed by atoms with Crippen LogP contribution in [0.15, 0.2) is 63.3 Å². The Morgan fingerprint density at radius 1 is 1.09 bits per heavy atom. The number of rotatable bonds is 12. The highest BCUT2D eigenvalue weighted by atomic mass is 32.1. The number of hydrogen-bond acceptors (Lipinski definition) is 7. The lowest BCUT2D eigenvalue weighted by atomic mass is 10.0. The molecule has 7 heteroatoms. The topological polar surface area (TPSA) is 72.9 Å². The standard InChI is InChI=1S/C25H31N3O3S/c1-5-11-28(15-20(27(3)4)14-18-6-8-21(29)9-7-18)23-22(24(30)25(23)31)26-17(2)13-19-10-12-32-16-19/h5-10,12,16-17,20,26,29H,1,11,13-15H2,2-4H3/t17-,20?/m1/s1. The molecule has 2 aromatic carbocycles. The van der Waals surface area contributed by atoms with Crippen LogP contribution in [0.1, 0.15) is 18.1 Å². The number of phenolic OH excluding ortho intramolecular Hbond substituents is 1. The lowest BCUT2D eigenvalue weighted by Crippen LogP contribution is -2.48. The van der Waals surface area contributed by atoms with Gasteiger partial charge in [0.15, 0.2) is 0 Å². The predicted molar refractivity (Wildman–Crippen MR) is 134 cm³/mol. The molecule has 0 aliphatic heterocycles. The van der Waals surface area contributed by atoms with Crippen LogP contribution in [0, 0.1) is 0 Å². The quantitative estimate of drug-likeness (QED) is 0.324. The third kappa shape index (κ3) is 5.66. The maximum Gasteiger partial charge on any atom is 0.253 e. The van der Waals surface area contributed by atoms with Crippen molar-refractivity contribution in [2.75, 3.05) is 37.4 Å². The van der Waals surface area contributed by atoms with Gasteiger partial charge in [-0.1, -0.05) is 18.2 Å². The van der Waals surface area contributed by atoms with Gasteiger partial charge < -0.3 is 20.2 Å². The Morgan fingerprint density at radius 2 is 1.81 bits per heavy atom. The molecule has 0 aliphatic rings. The predicted octanol–water partition coefficient (Wildman–Crippen LogP) is 3.26. The molecule has 0 saturated carbocycles. The van der Waals surface area contributed by atoms with Crippen molar-refractivity contribution in [1.29, 1.82) is 0 Å². The van der Waals surface area contributed by atoms with E-state index in [0.29, 0.717) is 24.5 Å². The Kier molecular flexibility index (Phi) is 7.88. The van der Waals surface area contributed by atoms with Gasteiger partial charge in [0, 0.05) is 25.2 Å². The first-order chi connectivity index (χ1) is 15.3. The van der Waals surface area contributed by atoms with Crippen molar-refractivity contribution < 1.29 is 5.11 Å². The maximum atomic E-state index is 12.6. The molecule has 3 rings (SSSR count). The highest BCUT2D eigenvalue weighted by Crippen LogP contribution is 2.24. The molecule has 0 saturated heterocycles. The second kappa shape index (κ2) is 10.6. The highest BCUT2D eigenvalue weighted by molar-refractivity contribution is 7.07. The van der Waals surface area contributed by atoms with Gasteiger partial charge >= 0.3 is 0 Å². The SMILES string of the molecule is C=CCN(CC(Cc1ccc(O)cc1)N(C)C)c1c(N[C@H](C)Cc2ccsc2)c(=O)c1=O. The fourth-order valence-electron chi connectivity index (χ4n) is 3.86. The fraction of sp³-hybridized carbons (Fsp3) is 0.360. The largest absolute Gasteiger partial charge is 0.508 e. The second-order valence-electron chi connectivity index (χ2n) is 8.44. The normalized spacial score (nSPS) is 13.2. The van der Waals surface area contributed by atoms with Gasteiger partial charge in [-0.25, -0.2) is 0 Å². The molecule has 1 unspecified atom stereocenters. The highest BCUT2D eigenvalue weighted by Gasteiger charge is 2.28. The molecule has 0 amide bonds. The molecular weight excluding hydrogens is 422 g/mol. The van der Waals surface area contributed by atoms with Gasteiger partial charge in [-0.2, -0.15) is 11.3 Å². The molecule has 0 spiro atoms. The van der Waals surface area contributed by atoms with Gasteiger partial charge in [-0.15, -0.1) is 6.58 Å². The van der Waals surface area contributed by atoms with Crippen LogP contribution in [-0.2, 0) is 12.8 Å². The maximum absolute atomic E-state index is 12.6. The zero-order valence-electron chi connectivity index (χ0n) is 18.9. The lowest BCUT2D eigenvalue weighted by Gasteiger charge is -2.34. The molecule has 170 valence electrons. The van der Waals surface area contributed by atoms with Gasteiger partial charge in [0.2, 0.25) is 0 Å². The van der Waals surface area contributed by atoms with E-state index in [1.165, 1.54) is 5.56 Å². The van der Waals surface area contributed by atoms with Crippen LogP contribution in [0.3, 0.4) is 0 Å². The number of nitrogens with zero attached hydrogens (tertiary/aromatic N) is 2. The van der Waals surface area contributed by atoms with E-state index < -0.39 is 10.9 Å². The van der Waals surface area contributed by atoms with Crippen molar-refractivity contribution in [3.05, 3.63) is 85.3 Å². The zero-order chi connectivity index (χ0) is 23.3. The molecule has 0 aliphatic carbocycles. The fourth-order valence-corrected chi connectivity index (χ4v) is 4.54. The van der Waals surface area contributed by atoms with Gasteiger partial charge in [-0.05, 0) is 73.9 Å². The molecule has 6 nitrogen and oxygen atoms in total. The number of thiophene rings is 1. The van der Waals surface area contributed by atoms with Crippen LogP contribution in [0.2, 0.25) is 0 Å². The molecule has 0 radical (unpaired) electrons. The molecule has 0 bridgehead atoms. The molecule has 2 atom stereocenters. The van der Waals surface area contributed by atoms with Crippen molar-refractivity contribution in [3.63, 3.8) is 0 Å². The summed E-state index contributed by atoms with van der Waals surface area (Å²) in [6.45, 7) is 6.90. The van der Waals surface area contributed by atoms with Crippen LogP contribution in [0.25, 0.3) is 0 Å². The number of nitrogens with one attached hydrogen (secondary N) is 1. The number of aromatic hydroxyl groups is 1. The zero-order valence-corrected chi connectivity index (χ0v) is 19.7. The Bertz CT molecular complexity index is 1080. The third-order valence-electron chi connectivity index (χ3n) is 5.63. The third-order valence-corrected chi connectivity index (χ3v) is 6.36. The summed E-state index contributed by atoms with van der Waals surface area (Å²) in [7, 11) is 4.00. The van der Waals surface area contributed by atoms with E-state index in [9.17, 15) is 14.7 Å². The molecule has 0 fully saturated rings. The Hall–Kier alpha value is -2.90. The van der Waals surface area contributed by atoms with Crippen LogP contribution in [0.4, 0.5) is 11.4 Å². The van der Waals surface area contributed by atoms with Crippen molar-refractivity contribution >= 4 is 22.7 Å². The Balaban J connectivity index is 1.78. The first-order valence-corrected chi connectivity index (χ1v) is 11.7. The van der Waals surface area contributed by atoms with Crippen molar-refractivity contribution in [2.24, 2.45) is 0 Å². The number of likely N-dealkylation sites (N-methyl/N-ethyl adjacent to an activating group) is 1. The van der Waals surface area contributed by atoms with Gasteiger partial charge in [-0.3, -0.25) is 9.59 Å². The summed E-state index contributed by atoms with van der Waals surface area (Å²) in [6.07, 6.45) is 3.28. The van der Waals surface area contributed by atoms with E-state index in [-0.39, 0.29) is 17.8 Å². The minimum Gasteiger partial charge on any atom is -0.508 e. The number of hydrogen-bond donors (Lipinski definition) is 2. The molecular formula is C25H31N3O3S. The minimum absolute atomic E-state index is 0.0267. The Morgan fingerprint density at radius 3 is 2.41 bits per heavy atom. The molecule has 1 aromatic heterocycles. The van der Waals surface area contributed by atoms with Crippen LogP contribution in [-0.4, -0.2) is 49.3 Å². The first-order valence-electron chi connectivity index (χ1n) is 10.7. The summed E-state index contributed by atoms with van der Waals surface area (Å²) in [5, 5.41) is 17.0. The Labute approximate surface area is 193 Å². The van der Waals surface area contributed by atoms with E-state index in [4.69, 9.17) is 0 Å². The van der Waals surface area contributed by atoms with E-state index in [1.807, 2.05) is 43.4 Å². The van der Waals surface area contributed by atoms with E-state index in [2.05, 4.69) is 28.2 Å². The average molecular weight is 454 g/mol. The van der Waals surface area contributed by atoms with E-state index in [1.54, 1.807) is 29.5 Å².